The van der Waals surface area contributed by atoms with Crippen LogP contribution in [-0.4, -0.2) is 24.2 Å². The lowest BCUT2D eigenvalue weighted by atomic mass is 10.0. The molecule has 134 valence electrons. The molecule has 0 bridgehead atoms. The number of aryl methyl sites for hydroxylation is 1. The van der Waals surface area contributed by atoms with Gasteiger partial charge in [0.1, 0.15) is 5.56 Å². The normalized spacial score (nSPS) is 15.3. The fraction of sp³-hybridized carbons (Fsp3) is 0.500. The van der Waals surface area contributed by atoms with Crippen molar-refractivity contribution in [1.29, 1.82) is 0 Å². The van der Waals surface area contributed by atoms with Crippen molar-refractivity contribution in [1.82, 2.24) is 5.16 Å². The van der Waals surface area contributed by atoms with Gasteiger partial charge < -0.3 is 14.7 Å². The van der Waals surface area contributed by atoms with Crippen LogP contribution in [0.2, 0.25) is 0 Å². The number of anilines is 2. The predicted octanol–water partition coefficient (Wildman–Crippen LogP) is 4.74. The molecule has 2 aromatic rings. The Labute approximate surface area is 149 Å². The van der Waals surface area contributed by atoms with E-state index in [2.05, 4.69) is 27.5 Å². The highest BCUT2D eigenvalue weighted by molar-refractivity contribution is 6.05. The summed E-state index contributed by atoms with van der Waals surface area (Å²) in [5, 5.41) is 6.91. The first kappa shape index (κ1) is 17.5. The third kappa shape index (κ3) is 4.03. The van der Waals surface area contributed by atoms with Crippen LogP contribution < -0.4 is 10.2 Å². The summed E-state index contributed by atoms with van der Waals surface area (Å²) >= 11 is 0. The van der Waals surface area contributed by atoms with Gasteiger partial charge in [-0.15, -0.1) is 0 Å². The van der Waals surface area contributed by atoms with Gasteiger partial charge in [-0.1, -0.05) is 31.8 Å². The molecule has 0 unspecified atom stereocenters. The van der Waals surface area contributed by atoms with Gasteiger partial charge >= 0.3 is 0 Å². The Morgan fingerprint density at radius 1 is 1.12 bits per heavy atom. The maximum absolute atomic E-state index is 12.6. The van der Waals surface area contributed by atoms with Crippen LogP contribution >= 0.6 is 0 Å². The molecule has 0 saturated carbocycles. The summed E-state index contributed by atoms with van der Waals surface area (Å²) in [4.78, 5) is 15.1. The van der Waals surface area contributed by atoms with Gasteiger partial charge in [0.25, 0.3) is 5.91 Å². The molecule has 1 aromatic heterocycles. The molecule has 0 aliphatic carbocycles. The molecule has 1 aromatic carbocycles. The van der Waals surface area contributed by atoms with Crippen LogP contribution in [-0.2, 0) is 0 Å². The molecule has 5 nitrogen and oxygen atoms in total. The number of nitrogens with one attached hydrogen (secondary N) is 1. The first-order valence-corrected chi connectivity index (χ1v) is 9.19. The third-order valence-corrected chi connectivity index (χ3v) is 4.74. The number of rotatable bonds is 4. The molecule has 25 heavy (non-hydrogen) atoms. The van der Waals surface area contributed by atoms with E-state index in [1.54, 1.807) is 6.92 Å². The van der Waals surface area contributed by atoms with Gasteiger partial charge in [0, 0.05) is 30.4 Å². The maximum atomic E-state index is 12.6. The topological polar surface area (TPSA) is 58.4 Å². The van der Waals surface area contributed by atoms with Crippen LogP contribution in [0.1, 0.15) is 67.3 Å². The average Bonchev–Trinajstić information content (AvgIpc) is 2.81. The van der Waals surface area contributed by atoms with E-state index in [0.717, 1.165) is 18.8 Å². The second-order valence-corrected chi connectivity index (χ2v) is 7.06. The van der Waals surface area contributed by atoms with Crippen LogP contribution in [0.3, 0.4) is 0 Å². The largest absolute Gasteiger partial charge is 0.372 e. The molecule has 0 spiro atoms. The van der Waals surface area contributed by atoms with Crippen LogP contribution in [0.15, 0.2) is 28.8 Å². The lowest BCUT2D eigenvalue weighted by molar-refractivity contribution is 0.102. The van der Waals surface area contributed by atoms with E-state index in [-0.39, 0.29) is 11.8 Å². The zero-order chi connectivity index (χ0) is 17.8. The molecule has 3 rings (SSSR count). The minimum Gasteiger partial charge on any atom is -0.372 e. The summed E-state index contributed by atoms with van der Waals surface area (Å²) in [5.74, 6) is 0.591. The second kappa shape index (κ2) is 7.72. The number of hydrogen-bond donors (Lipinski definition) is 1. The summed E-state index contributed by atoms with van der Waals surface area (Å²) in [7, 11) is 0. The summed E-state index contributed by atoms with van der Waals surface area (Å²) in [6.45, 7) is 8.01. The molecular formula is C20H27N3O2. The van der Waals surface area contributed by atoms with Gasteiger partial charge in [-0.2, -0.15) is 0 Å². The Morgan fingerprint density at radius 2 is 1.76 bits per heavy atom. The number of carbonyl (C=O) groups is 1. The number of amides is 1. The number of nitrogens with zero attached hydrogens (tertiary/aromatic N) is 2. The highest BCUT2D eigenvalue weighted by Gasteiger charge is 2.22. The van der Waals surface area contributed by atoms with Crippen LogP contribution in [0.5, 0.6) is 0 Å². The first-order chi connectivity index (χ1) is 12.1. The van der Waals surface area contributed by atoms with Crippen molar-refractivity contribution in [2.75, 3.05) is 23.3 Å². The Bertz CT molecular complexity index is 711. The standard InChI is InChI=1S/C20H27N3O2/c1-14(2)19-18(15(3)22-25-19)20(24)21-16-8-10-17(11-9-16)23-12-6-4-5-7-13-23/h8-11,14H,4-7,12-13H2,1-3H3,(H,21,24). The number of hydrogen-bond acceptors (Lipinski definition) is 4. The van der Waals surface area contributed by atoms with Crippen molar-refractivity contribution < 1.29 is 9.32 Å². The van der Waals surface area contributed by atoms with Gasteiger partial charge in [-0.05, 0) is 44.0 Å². The average molecular weight is 341 g/mol. The number of aromatic nitrogens is 1. The lowest BCUT2D eigenvalue weighted by Crippen LogP contribution is -2.23. The van der Waals surface area contributed by atoms with E-state index < -0.39 is 0 Å². The van der Waals surface area contributed by atoms with Crippen LogP contribution in [0, 0.1) is 6.92 Å². The van der Waals surface area contributed by atoms with E-state index in [0.29, 0.717) is 17.0 Å². The van der Waals surface area contributed by atoms with E-state index >= 15 is 0 Å². The predicted molar refractivity (Wildman–Crippen MR) is 100 cm³/mol. The van der Waals surface area contributed by atoms with Gasteiger partial charge in [0.15, 0.2) is 5.76 Å². The summed E-state index contributed by atoms with van der Waals surface area (Å²) in [6.07, 6.45) is 5.15. The molecule has 2 heterocycles. The van der Waals surface area contributed by atoms with Crippen molar-refractivity contribution in [3.63, 3.8) is 0 Å². The molecule has 0 atom stereocenters. The molecule has 1 fully saturated rings. The molecule has 1 aliphatic heterocycles. The Balaban J connectivity index is 1.71. The SMILES string of the molecule is Cc1noc(C(C)C)c1C(=O)Nc1ccc(N2CCCCCC2)cc1. The Morgan fingerprint density at radius 3 is 2.36 bits per heavy atom. The van der Waals surface area contributed by atoms with E-state index in [1.807, 2.05) is 26.0 Å². The van der Waals surface area contributed by atoms with Crippen LogP contribution in [0.4, 0.5) is 11.4 Å². The molecular weight excluding hydrogens is 314 g/mol. The third-order valence-electron chi connectivity index (χ3n) is 4.74. The summed E-state index contributed by atoms with van der Waals surface area (Å²) < 4.78 is 5.31. The van der Waals surface area contributed by atoms with Crippen LogP contribution in [0.25, 0.3) is 0 Å². The molecule has 1 aliphatic rings. The molecule has 5 heteroatoms. The smallest absolute Gasteiger partial charge is 0.261 e. The first-order valence-electron chi connectivity index (χ1n) is 9.19. The molecule has 0 radical (unpaired) electrons. The van der Waals surface area contributed by atoms with E-state index in [4.69, 9.17) is 4.52 Å². The fourth-order valence-electron chi connectivity index (χ4n) is 3.34. The summed E-state index contributed by atoms with van der Waals surface area (Å²) in [5.41, 5.74) is 3.19. The monoisotopic (exact) mass is 341 g/mol. The number of carbonyl (C=O) groups excluding carboxylic acids is 1. The highest BCUT2D eigenvalue weighted by Crippen LogP contribution is 2.25. The van der Waals surface area contributed by atoms with Gasteiger partial charge in [-0.3, -0.25) is 4.79 Å². The van der Waals surface area contributed by atoms with Crippen molar-refractivity contribution in [3.05, 3.63) is 41.3 Å². The zero-order valence-electron chi connectivity index (χ0n) is 15.3. The minimum atomic E-state index is -0.162. The molecule has 1 saturated heterocycles. The van der Waals surface area contributed by atoms with Crippen molar-refractivity contribution in [2.45, 2.75) is 52.4 Å². The van der Waals surface area contributed by atoms with Gasteiger partial charge in [0.05, 0.1) is 5.69 Å². The second-order valence-electron chi connectivity index (χ2n) is 7.06. The van der Waals surface area contributed by atoms with Gasteiger partial charge in [-0.25, -0.2) is 0 Å². The van der Waals surface area contributed by atoms with Crippen molar-refractivity contribution in [3.8, 4) is 0 Å². The van der Waals surface area contributed by atoms with E-state index in [1.165, 1.54) is 31.4 Å². The number of benzene rings is 1. The van der Waals surface area contributed by atoms with E-state index in [9.17, 15) is 4.79 Å². The van der Waals surface area contributed by atoms with Crippen molar-refractivity contribution >= 4 is 17.3 Å². The lowest BCUT2D eigenvalue weighted by Gasteiger charge is -2.22. The molecule has 1 amide bonds. The maximum Gasteiger partial charge on any atom is 0.261 e. The molecule has 1 N–H and O–H groups in total. The highest BCUT2D eigenvalue weighted by atomic mass is 16.5. The van der Waals surface area contributed by atoms with Crippen molar-refractivity contribution in [2.24, 2.45) is 0 Å². The summed E-state index contributed by atoms with van der Waals surface area (Å²) in [6, 6.07) is 8.11. The fourth-order valence-corrected chi connectivity index (χ4v) is 3.34. The minimum absolute atomic E-state index is 0.118. The quantitative estimate of drug-likeness (QED) is 0.872. The Hall–Kier alpha value is -2.30. The Kier molecular flexibility index (Phi) is 5.41. The van der Waals surface area contributed by atoms with Gasteiger partial charge in [0.2, 0.25) is 0 Å². The zero-order valence-corrected chi connectivity index (χ0v) is 15.3.